The number of carboxylic acid groups (broad SMARTS) is 1. The number of amides is 1. The number of carbonyl (C=O) groups excluding carboxylic acids is 1. The maximum absolute atomic E-state index is 11.0. The van der Waals surface area contributed by atoms with Crippen LogP contribution in [-0.2, 0) is 9.59 Å². The molecule has 2 N–H and O–H groups in total. The highest BCUT2D eigenvalue weighted by molar-refractivity contribution is 6.01. The SMILES string of the molecule is Cc1ccc(NC(=O)CC(=O)O)cc1. The highest BCUT2D eigenvalue weighted by Crippen LogP contribution is 2.08. The van der Waals surface area contributed by atoms with Crippen molar-refractivity contribution in [2.24, 2.45) is 0 Å². The molecule has 1 aromatic carbocycles. The van der Waals surface area contributed by atoms with Gasteiger partial charge in [0.1, 0.15) is 6.42 Å². The van der Waals surface area contributed by atoms with Crippen molar-refractivity contribution in [3.63, 3.8) is 0 Å². The first-order valence-electron chi connectivity index (χ1n) is 4.16. The van der Waals surface area contributed by atoms with Crippen molar-refractivity contribution in [1.82, 2.24) is 0 Å². The molecule has 14 heavy (non-hydrogen) atoms. The molecule has 0 aliphatic heterocycles. The van der Waals surface area contributed by atoms with Crippen LogP contribution >= 0.6 is 0 Å². The third-order valence-electron chi connectivity index (χ3n) is 1.65. The number of carboxylic acids is 1. The standard InChI is InChI=1S/C10H11NO3/c1-7-2-4-8(5-3-7)11-9(12)6-10(13)14/h2-5H,6H2,1H3,(H,11,12)(H,13,14). The van der Waals surface area contributed by atoms with E-state index in [0.29, 0.717) is 5.69 Å². The molecule has 0 aliphatic rings. The fourth-order valence-electron chi connectivity index (χ4n) is 0.979. The molecule has 0 saturated heterocycles. The van der Waals surface area contributed by atoms with Crippen LogP contribution in [0.3, 0.4) is 0 Å². The first-order valence-corrected chi connectivity index (χ1v) is 4.16. The Morgan fingerprint density at radius 1 is 1.29 bits per heavy atom. The molecule has 0 saturated carbocycles. The third kappa shape index (κ3) is 3.26. The van der Waals surface area contributed by atoms with Gasteiger partial charge in [-0.1, -0.05) is 17.7 Å². The molecule has 1 amide bonds. The van der Waals surface area contributed by atoms with E-state index in [9.17, 15) is 9.59 Å². The number of hydrogen-bond donors (Lipinski definition) is 2. The Balaban J connectivity index is 2.56. The first kappa shape index (κ1) is 10.2. The monoisotopic (exact) mass is 193 g/mol. The summed E-state index contributed by atoms with van der Waals surface area (Å²) < 4.78 is 0. The molecular weight excluding hydrogens is 182 g/mol. The second kappa shape index (κ2) is 4.41. The minimum Gasteiger partial charge on any atom is -0.481 e. The van der Waals surface area contributed by atoms with E-state index in [2.05, 4.69) is 5.32 Å². The van der Waals surface area contributed by atoms with Crippen LogP contribution in [0.2, 0.25) is 0 Å². The molecule has 0 heterocycles. The summed E-state index contributed by atoms with van der Waals surface area (Å²) in [6, 6.07) is 7.15. The molecule has 0 atom stereocenters. The average molecular weight is 193 g/mol. The van der Waals surface area contributed by atoms with Gasteiger partial charge in [-0.2, -0.15) is 0 Å². The molecule has 4 nitrogen and oxygen atoms in total. The summed E-state index contributed by atoms with van der Waals surface area (Å²) >= 11 is 0. The molecule has 1 aromatic rings. The summed E-state index contributed by atoms with van der Waals surface area (Å²) in [5.74, 6) is -1.64. The largest absolute Gasteiger partial charge is 0.481 e. The molecule has 0 unspecified atom stereocenters. The summed E-state index contributed by atoms with van der Waals surface area (Å²) in [7, 11) is 0. The Labute approximate surface area is 81.6 Å². The summed E-state index contributed by atoms with van der Waals surface area (Å²) in [6.07, 6.45) is -0.506. The van der Waals surface area contributed by atoms with Crippen LogP contribution in [0, 0.1) is 6.92 Å². The predicted octanol–water partition coefficient (Wildman–Crippen LogP) is 1.41. The summed E-state index contributed by atoms with van der Waals surface area (Å²) in [5.41, 5.74) is 1.70. The van der Waals surface area contributed by atoms with Gasteiger partial charge in [0.15, 0.2) is 0 Å². The predicted molar refractivity (Wildman–Crippen MR) is 52.1 cm³/mol. The van der Waals surface area contributed by atoms with Gasteiger partial charge in [0.2, 0.25) is 5.91 Å². The van der Waals surface area contributed by atoms with E-state index in [0.717, 1.165) is 5.56 Å². The summed E-state index contributed by atoms with van der Waals surface area (Å²) in [4.78, 5) is 21.2. The Morgan fingerprint density at radius 2 is 1.86 bits per heavy atom. The van der Waals surface area contributed by atoms with Gasteiger partial charge >= 0.3 is 5.97 Å². The van der Waals surface area contributed by atoms with Gasteiger partial charge in [-0.3, -0.25) is 9.59 Å². The normalized spacial score (nSPS) is 9.50. The topological polar surface area (TPSA) is 66.4 Å². The Morgan fingerprint density at radius 3 is 2.36 bits per heavy atom. The molecule has 0 aliphatic carbocycles. The zero-order valence-electron chi connectivity index (χ0n) is 7.78. The van der Waals surface area contributed by atoms with E-state index in [1.54, 1.807) is 12.1 Å². The number of anilines is 1. The smallest absolute Gasteiger partial charge is 0.312 e. The van der Waals surface area contributed by atoms with E-state index in [1.165, 1.54) is 0 Å². The van der Waals surface area contributed by atoms with Crippen LogP contribution in [0.1, 0.15) is 12.0 Å². The fourth-order valence-corrected chi connectivity index (χ4v) is 0.979. The van der Waals surface area contributed by atoms with Gasteiger partial charge < -0.3 is 10.4 Å². The van der Waals surface area contributed by atoms with Gasteiger partial charge in [-0.25, -0.2) is 0 Å². The Hall–Kier alpha value is -1.84. The minimum atomic E-state index is -1.13. The van der Waals surface area contributed by atoms with E-state index >= 15 is 0 Å². The highest BCUT2D eigenvalue weighted by Gasteiger charge is 2.06. The fraction of sp³-hybridized carbons (Fsp3) is 0.200. The van der Waals surface area contributed by atoms with Crippen molar-refractivity contribution in [2.45, 2.75) is 13.3 Å². The molecule has 0 radical (unpaired) electrons. The second-order valence-electron chi connectivity index (χ2n) is 2.98. The van der Waals surface area contributed by atoms with Gasteiger partial charge in [0.05, 0.1) is 0 Å². The Bertz CT molecular complexity index is 343. The molecular formula is C10H11NO3. The van der Waals surface area contributed by atoms with Crippen molar-refractivity contribution in [3.8, 4) is 0 Å². The molecule has 1 rings (SSSR count). The van der Waals surface area contributed by atoms with Crippen LogP contribution in [0.4, 0.5) is 5.69 Å². The van der Waals surface area contributed by atoms with E-state index in [1.807, 2.05) is 19.1 Å². The third-order valence-corrected chi connectivity index (χ3v) is 1.65. The van der Waals surface area contributed by atoms with Crippen LogP contribution in [0.15, 0.2) is 24.3 Å². The molecule has 0 fully saturated rings. The number of nitrogens with one attached hydrogen (secondary N) is 1. The summed E-state index contributed by atoms with van der Waals surface area (Å²) in [5, 5.41) is 10.8. The average Bonchev–Trinajstić information content (AvgIpc) is 2.07. The van der Waals surface area contributed by atoms with Gasteiger partial charge in [-0.05, 0) is 19.1 Å². The lowest BCUT2D eigenvalue weighted by Crippen LogP contribution is -2.15. The maximum atomic E-state index is 11.0. The molecule has 4 heteroatoms. The first-order chi connectivity index (χ1) is 6.58. The molecule has 0 aromatic heterocycles. The van der Waals surface area contributed by atoms with Crippen LogP contribution in [-0.4, -0.2) is 17.0 Å². The second-order valence-corrected chi connectivity index (χ2v) is 2.98. The van der Waals surface area contributed by atoms with Crippen molar-refractivity contribution in [2.75, 3.05) is 5.32 Å². The molecule has 74 valence electrons. The van der Waals surface area contributed by atoms with Crippen LogP contribution < -0.4 is 5.32 Å². The van der Waals surface area contributed by atoms with Crippen LogP contribution in [0.5, 0.6) is 0 Å². The number of carbonyl (C=O) groups is 2. The van der Waals surface area contributed by atoms with Gasteiger partial charge in [-0.15, -0.1) is 0 Å². The van der Waals surface area contributed by atoms with Crippen molar-refractivity contribution in [3.05, 3.63) is 29.8 Å². The van der Waals surface area contributed by atoms with Crippen molar-refractivity contribution >= 4 is 17.6 Å². The Kier molecular flexibility index (Phi) is 3.23. The zero-order valence-corrected chi connectivity index (χ0v) is 7.78. The lowest BCUT2D eigenvalue weighted by molar-refractivity contribution is -0.139. The number of hydrogen-bond acceptors (Lipinski definition) is 2. The van der Waals surface area contributed by atoms with Crippen LogP contribution in [0.25, 0.3) is 0 Å². The summed E-state index contributed by atoms with van der Waals surface area (Å²) in [6.45, 7) is 1.93. The van der Waals surface area contributed by atoms with Crippen molar-refractivity contribution < 1.29 is 14.7 Å². The van der Waals surface area contributed by atoms with Gasteiger partial charge in [0, 0.05) is 5.69 Å². The number of aryl methyl sites for hydroxylation is 1. The van der Waals surface area contributed by atoms with E-state index in [-0.39, 0.29) is 0 Å². The maximum Gasteiger partial charge on any atom is 0.312 e. The van der Waals surface area contributed by atoms with Crippen molar-refractivity contribution in [1.29, 1.82) is 0 Å². The van der Waals surface area contributed by atoms with Gasteiger partial charge in [0.25, 0.3) is 0 Å². The minimum absolute atomic E-state index is 0.506. The van der Waals surface area contributed by atoms with E-state index < -0.39 is 18.3 Å². The lowest BCUT2D eigenvalue weighted by Gasteiger charge is -2.02. The molecule has 0 spiro atoms. The number of aliphatic carboxylic acids is 1. The lowest BCUT2D eigenvalue weighted by atomic mass is 10.2. The number of benzene rings is 1. The zero-order chi connectivity index (χ0) is 10.6. The van der Waals surface area contributed by atoms with E-state index in [4.69, 9.17) is 5.11 Å². The number of rotatable bonds is 3. The highest BCUT2D eigenvalue weighted by atomic mass is 16.4. The molecule has 0 bridgehead atoms. The quantitative estimate of drug-likeness (QED) is 0.713.